The number of hydrogen-bond donors (Lipinski definition) is 1. The van der Waals surface area contributed by atoms with Crippen LogP contribution in [0, 0.1) is 0 Å². The number of carbonyl (C=O) groups excluding carboxylic acids is 1. The van der Waals surface area contributed by atoms with Crippen molar-refractivity contribution in [2.75, 3.05) is 20.8 Å². The van der Waals surface area contributed by atoms with Gasteiger partial charge in [0.15, 0.2) is 0 Å². The van der Waals surface area contributed by atoms with Crippen LogP contribution in [0.4, 0.5) is 0 Å². The maximum atomic E-state index is 11.6. The molecule has 5 heteroatoms. The summed E-state index contributed by atoms with van der Waals surface area (Å²) in [4.78, 5) is 11.6. The molecule has 5 nitrogen and oxygen atoms in total. The summed E-state index contributed by atoms with van der Waals surface area (Å²) < 4.78 is 15.2. The van der Waals surface area contributed by atoms with E-state index in [1.807, 2.05) is 24.3 Å². The van der Waals surface area contributed by atoms with Crippen molar-refractivity contribution in [3.05, 3.63) is 29.8 Å². The van der Waals surface area contributed by atoms with Crippen molar-refractivity contribution in [1.82, 2.24) is 0 Å². The van der Waals surface area contributed by atoms with Crippen LogP contribution in [0.5, 0.6) is 5.75 Å². The summed E-state index contributed by atoms with van der Waals surface area (Å²) in [5.74, 6) is 0.344. The molecular weight excluding hydrogens is 246 g/mol. The molecule has 1 aromatic carbocycles. The molecular formula is C14H21NO4. The molecule has 0 spiro atoms. The summed E-state index contributed by atoms with van der Waals surface area (Å²) in [7, 11) is 3.21. The molecule has 1 unspecified atom stereocenters. The summed E-state index contributed by atoms with van der Waals surface area (Å²) in [5.41, 5.74) is 6.60. The number of carbonyl (C=O) groups is 1. The molecule has 0 saturated heterocycles. The van der Waals surface area contributed by atoms with E-state index in [1.54, 1.807) is 14.2 Å². The summed E-state index contributed by atoms with van der Waals surface area (Å²) >= 11 is 0. The number of hydrogen-bond acceptors (Lipinski definition) is 5. The van der Waals surface area contributed by atoms with Crippen LogP contribution >= 0.6 is 0 Å². The van der Waals surface area contributed by atoms with Crippen LogP contribution in [0.3, 0.4) is 0 Å². The summed E-state index contributed by atoms with van der Waals surface area (Å²) in [5, 5.41) is 0. The summed E-state index contributed by atoms with van der Waals surface area (Å²) in [6.45, 7) is 0.797. The van der Waals surface area contributed by atoms with Crippen molar-refractivity contribution >= 4 is 5.97 Å². The van der Waals surface area contributed by atoms with Crippen LogP contribution in [0.2, 0.25) is 0 Å². The van der Waals surface area contributed by atoms with Crippen molar-refractivity contribution in [3.8, 4) is 5.75 Å². The Bertz CT molecular complexity index is 395. The minimum Gasteiger partial charge on any atom is -0.497 e. The van der Waals surface area contributed by atoms with Gasteiger partial charge in [0.1, 0.15) is 18.4 Å². The zero-order chi connectivity index (χ0) is 14.1. The van der Waals surface area contributed by atoms with E-state index in [1.165, 1.54) is 0 Å². The Labute approximate surface area is 113 Å². The van der Waals surface area contributed by atoms with E-state index < -0.39 is 6.04 Å². The van der Waals surface area contributed by atoms with Gasteiger partial charge in [-0.2, -0.15) is 0 Å². The van der Waals surface area contributed by atoms with E-state index in [-0.39, 0.29) is 12.6 Å². The zero-order valence-corrected chi connectivity index (χ0v) is 11.4. The lowest BCUT2D eigenvalue weighted by Crippen LogP contribution is -2.32. The largest absolute Gasteiger partial charge is 0.497 e. The highest BCUT2D eigenvalue weighted by atomic mass is 16.5. The van der Waals surface area contributed by atoms with Gasteiger partial charge in [-0.1, -0.05) is 12.1 Å². The number of ether oxygens (including phenoxy) is 3. The van der Waals surface area contributed by atoms with Crippen LogP contribution in [-0.4, -0.2) is 32.8 Å². The molecule has 106 valence electrons. The monoisotopic (exact) mass is 267 g/mol. The lowest BCUT2D eigenvalue weighted by molar-refractivity contribution is -0.146. The van der Waals surface area contributed by atoms with E-state index >= 15 is 0 Å². The zero-order valence-electron chi connectivity index (χ0n) is 11.4. The third-order valence-electron chi connectivity index (χ3n) is 2.68. The van der Waals surface area contributed by atoms with Crippen LogP contribution in [-0.2, 0) is 20.9 Å². The molecule has 0 aliphatic heterocycles. The van der Waals surface area contributed by atoms with Crippen LogP contribution < -0.4 is 10.5 Å². The van der Waals surface area contributed by atoms with Gasteiger partial charge < -0.3 is 19.9 Å². The lowest BCUT2D eigenvalue weighted by atomic mass is 10.2. The predicted molar refractivity (Wildman–Crippen MR) is 71.9 cm³/mol. The average Bonchev–Trinajstić information content (AvgIpc) is 2.45. The standard InChI is InChI=1S/C14H21NO4/c1-17-8-4-7-13(15)14(16)19-10-11-5-3-6-12(9-11)18-2/h3,5-6,9,13H,4,7-8,10,15H2,1-2H3. The molecule has 0 bridgehead atoms. The molecule has 0 amide bonds. The molecule has 2 N–H and O–H groups in total. The van der Waals surface area contributed by atoms with Gasteiger partial charge in [0.05, 0.1) is 7.11 Å². The van der Waals surface area contributed by atoms with Crippen LogP contribution in [0.1, 0.15) is 18.4 Å². The number of rotatable bonds is 8. The molecule has 0 aliphatic carbocycles. The lowest BCUT2D eigenvalue weighted by Gasteiger charge is -2.11. The quantitative estimate of drug-likeness (QED) is 0.571. The normalized spacial score (nSPS) is 11.9. The Hall–Kier alpha value is -1.59. The first-order chi connectivity index (χ1) is 9.17. The van der Waals surface area contributed by atoms with E-state index in [2.05, 4.69) is 0 Å². The maximum absolute atomic E-state index is 11.6. The second-order valence-corrected chi connectivity index (χ2v) is 4.20. The first kappa shape index (κ1) is 15.5. The van der Waals surface area contributed by atoms with Gasteiger partial charge >= 0.3 is 5.97 Å². The molecule has 0 aliphatic rings. The molecule has 0 radical (unpaired) electrons. The minimum absolute atomic E-state index is 0.202. The molecule has 1 rings (SSSR count). The molecule has 0 aromatic heterocycles. The first-order valence-corrected chi connectivity index (χ1v) is 6.21. The smallest absolute Gasteiger partial charge is 0.323 e. The van der Waals surface area contributed by atoms with Gasteiger partial charge in [-0.05, 0) is 30.5 Å². The van der Waals surface area contributed by atoms with Crippen molar-refractivity contribution in [2.24, 2.45) is 5.73 Å². The Morgan fingerprint density at radius 2 is 2.16 bits per heavy atom. The topological polar surface area (TPSA) is 70.8 Å². The molecule has 0 saturated carbocycles. The Balaban J connectivity index is 2.36. The van der Waals surface area contributed by atoms with Crippen LogP contribution in [0.25, 0.3) is 0 Å². The summed E-state index contributed by atoms with van der Waals surface area (Å²) in [6, 6.07) is 6.78. The van der Waals surface area contributed by atoms with Gasteiger partial charge in [-0.25, -0.2) is 0 Å². The minimum atomic E-state index is -0.597. The third kappa shape index (κ3) is 5.72. The number of benzene rings is 1. The molecule has 0 fully saturated rings. The van der Waals surface area contributed by atoms with Gasteiger partial charge in [0.2, 0.25) is 0 Å². The maximum Gasteiger partial charge on any atom is 0.323 e. The van der Waals surface area contributed by atoms with Gasteiger partial charge in [-0.15, -0.1) is 0 Å². The SMILES string of the molecule is COCCCC(N)C(=O)OCc1cccc(OC)c1. The van der Waals surface area contributed by atoms with E-state index in [0.29, 0.717) is 13.0 Å². The van der Waals surface area contributed by atoms with Crippen molar-refractivity contribution in [2.45, 2.75) is 25.5 Å². The second kappa shape index (κ2) is 8.50. The Kier molecular flexibility index (Phi) is 6.92. The van der Waals surface area contributed by atoms with E-state index in [4.69, 9.17) is 19.9 Å². The highest BCUT2D eigenvalue weighted by molar-refractivity contribution is 5.75. The first-order valence-electron chi connectivity index (χ1n) is 6.21. The van der Waals surface area contributed by atoms with Gasteiger partial charge in [0.25, 0.3) is 0 Å². The van der Waals surface area contributed by atoms with Crippen molar-refractivity contribution in [1.29, 1.82) is 0 Å². The highest BCUT2D eigenvalue weighted by Gasteiger charge is 2.14. The number of methoxy groups -OCH3 is 2. The second-order valence-electron chi connectivity index (χ2n) is 4.20. The molecule has 1 atom stereocenters. The van der Waals surface area contributed by atoms with Gasteiger partial charge in [0, 0.05) is 13.7 Å². The van der Waals surface area contributed by atoms with E-state index in [9.17, 15) is 4.79 Å². The summed E-state index contributed by atoms with van der Waals surface area (Å²) in [6.07, 6.45) is 1.30. The van der Waals surface area contributed by atoms with Crippen molar-refractivity contribution < 1.29 is 19.0 Å². The molecule has 19 heavy (non-hydrogen) atoms. The van der Waals surface area contributed by atoms with E-state index in [0.717, 1.165) is 17.7 Å². The fraction of sp³-hybridized carbons (Fsp3) is 0.500. The van der Waals surface area contributed by atoms with Crippen molar-refractivity contribution in [3.63, 3.8) is 0 Å². The van der Waals surface area contributed by atoms with Crippen LogP contribution in [0.15, 0.2) is 24.3 Å². The Morgan fingerprint density at radius 3 is 2.84 bits per heavy atom. The average molecular weight is 267 g/mol. The third-order valence-corrected chi connectivity index (χ3v) is 2.68. The fourth-order valence-electron chi connectivity index (χ4n) is 1.59. The predicted octanol–water partition coefficient (Wildman–Crippen LogP) is 1.49. The molecule has 0 heterocycles. The molecule has 1 aromatic rings. The fourth-order valence-corrected chi connectivity index (χ4v) is 1.59. The number of nitrogens with two attached hydrogens (primary N) is 1. The number of esters is 1. The highest BCUT2D eigenvalue weighted by Crippen LogP contribution is 2.13. The van der Waals surface area contributed by atoms with Gasteiger partial charge in [-0.3, -0.25) is 4.79 Å². The Morgan fingerprint density at radius 1 is 1.37 bits per heavy atom.